The van der Waals surface area contributed by atoms with Crippen LogP contribution in [-0.4, -0.2) is 76.8 Å². The number of carbonyl (C=O) groups is 1. The number of sulfone groups is 1. The van der Waals surface area contributed by atoms with E-state index in [1.807, 2.05) is 19.0 Å². The molecule has 0 saturated heterocycles. The molecule has 11 heteroatoms. The Bertz CT molecular complexity index is 1280. The van der Waals surface area contributed by atoms with Crippen LogP contribution in [0.4, 0.5) is 13.2 Å². The summed E-state index contributed by atoms with van der Waals surface area (Å²) in [5, 5.41) is 9.38. The lowest BCUT2D eigenvalue weighted by molar-refractivity contribution is -0.143. The van der Waals surface area contributed by atoms with Crippen LogP contribution < -0.4 is 0 Å². The number of likely N-dealkylation sites (N-methyl/N-ethyl adjacent to an activating group) is 1. The van der Waals surface area contributed by atoms with Crippen molar-refractivity contribution in [2.75, 3.05) is 40.6 Å². The molecule has 40 heavy (non-hydrogen) atoms. The fourth-order valence-electron chi connectivity index (χ4n) is 3.51. The van der Waals surface area contributed by atoms with Crippen LogP contribution in [0.3, 0.4) is 0 Å². The molecule has 0 aliphatic carbocycles. The standard InChI is InChI=1S/C22H24F3NO3S.C7H15NO2/c1-14(2)19(12-21(26-3)22(23,24)25)16-7-5-15(6-8-16)17-9-10-18(13-27)20(11-17)30(4,28)29;1-4-7(9)10-6-5-8(2)3/h5-12,14,27H,13H2,1-4H3;4-6H2,1-3H3/b19-12+,26-21?;. The molecule has 2 aromatic rings. The molecule has 0 unspecified atom stereocenters. The van der Waals surface area contributed by atoms with Gasteiger partial charge in [-0.05, 0) is 60.0 Å². The number of allylic oxidation sites excluding steroid dienone is 2. The predicted octanol–water partition coefficient (Wildman–Crippen LogP) is 5.42. The van der Waals surface area contributed by atoms with Crippen LogP contribution in [0.2, 0.25) is 0 Å². The molecule has 2 aromatic carbocycles. The largest absolute Gasteiger partial charge is 0.464 e. The van der Waals surface area contributed by atoms with Gasteiger partial charge < -0.3 is 14.7 Å². The Hall–Kier alpha value is -3.02. The number of aliphatic hydroxyl groups is 1. The summed E-state index contributed by atoms with van der Waals surface area (Å²) in [5.41, 5.74) is 1.80. The highest BCUT2D eigenvalue weighted by molar-refractivity contribution is 7.90. The second-order valence-corrected chi connectivity index (χ2v) is 11.6. The highest BCUT2D eigenvalue weighted by Gasteiger charge is 2.34. The molecular weight excluding hydrogens is 545 g/mol. The van der Waals surface area contributed by atoms with Gasteiger partial charge in [-0.1, -0.05) is 57.2 Å². The number of hydrogen-bond acceptors (Lipinski definition) is 7. The lowest BCUT2D eigenvalue weighted by atomic mass is 9.92. The summed E-state index contributed by atoms with van der Waals surface area (Å²) in [6, 6.07) is 11.6. The first-order chi connectivity index (χ1) is 18.5. The SMILES string of the molecule is CCC(=O)OCCN(C)C.CN=C(/C=C(/c1ccc(-c2ccc(CO)c(S(C)(=O)=O)c2)cc1)C(C)C)C(F)(F)F. The van der Waals surface area contributed by atoms with Gasteiger partial charge >= 0.3 is 12.1 Å². The number of aliphatic hydroxyl groups excluding tert-OH is 1. The molecule has 222 valence electrons. The van der Waals surface area contributed by atoms with E-state index in [-0.39, 0.29) is 16.8 Å². The number of esters is 1. The van der Waals surface area contributed by atoms with Crippen molar-refractivity contribution in [2.45, 2.75) is 44.9 Å². The Morgan fingerprint density at radius 2 is 1.68 bits per heavy atom. The highest BCUT2D eigenvalue weighted by Crippen LogP contribution is 2.30. The number of nitrogens with zero attached hydrogens (tertiary/aromatic N) is 2. The fourth-order valence-corrected chi connectivity index (χ4v) is 4.46. The summed E-state index contributed by atoms with van der Waals surface area (Å²) in [5.74, 6) is -0.294. The third kappa shape index (κ3) is 11.2. The fraction of sp³-hybridized carbons (Fsp3) is 0.448. The number of alkyl halides is 3. The third-order valence-corrected chi connectivity index (χ3v) is 6.90. The average Bonchev–Trinajstić information content (AvgIpc) is 2.87. The zero-order valence-corrected chi connectivity index (χ0v) is 24.9. The number of ether oxygens (including phenoxy) is 1. The Morgan fingerprint density at radius 3 is 2.10 bits per heavy atom. The average molecular weight is 585 g/mol. The first-order valence-electron chi connectivity index (χ1n) is 12.7. The number of hydrogen-bond donors (Lipinski definition) is 1. The van der Waals surface area contributed by atoms with Crippen LogP contribution in [0.5, 0.6) is 0 Å². The zero-order chi connectivity index (χ0) is 30.7. The van der Waals surface area contributed by atoms with Gasteiger partial charge in [-0.3, -0.25) is 9.79 Å². The molecule has 7 nitrogen and oxygen atoms in total. The number of benzene rings is 2. The van der Waals surface area contributed by atoms with Crippen molar-refractivity contribution in [3.05, 3.63) is 59.7 Å². The van der Waals surface area contributed by atoms with Crippen LogP contribution in [0.1, 0.15) is 38.3 Å². The quantitative estimate of drug-likeness (QED) is 0.296. The molecule has 0 heterocycles. The molecule has 0 aliphatic rings. The van der Waals surface area contributed by atoms with Crippen molar-refractivity contribution in [3.63, 3.8) is 0 Å². The van der Waals surface area contributed by atoms with Crippen LogP contribution >= 0.6 is 0 Å². The first kappa shape index (κ1) is 35.0. The maximum Gasteiger partial charge on any atom is 0.432 e. The van der Waals surface area contributed by atoms with Crippen molar-refractivity contribution in [1.82, 2.24) is 4.90 Å². The summed E-state index contributed by atoms with van der Waals surface area (Å²) in [6.45, 7) is 6.29. The number of rotatable bonds is 10. The van der Waals surface area contributed by atoms with Gasteiger partial charge in [-0.15, -0.1) is 0 Å². The number of aliphatic imine (C=N–C) groups is 1. The molecule has 0 bridgehead atoms. The van der Waals surface area contributed by atoms with Crippen molar-refractivity contribution in [1.29, 1.82) is 0 Å². The van der Waals surface area contributed by atoms with E-state index in [4.69, 9.17) is 4.74 Å². The molecule has 0 fully saturated rings. The monoisotopic (exact) mass is 584 g/mol. The normalized spacial score (nSPS) is 12.8. The summed E-state index contributed by atoms with van der Waals surface area (Å²) < 4.78 is 68.1. The zero-order valence-electron chi connectivity index (χ0n) is 24.0. The molecule has 0 atom stereocenters. The van der Waals surface area contributed by atoms with Gasteiger partial charge in [0, 0.05) is 26.3 Å². The summed E-state index contributed by atoms with van der Waals surface area (Å²) in [4.78, 5) is 15.9. The lowest BCUT2D eigenvalue weighted by Gasteiger charge is -2.15. The maximum absolute atomic E-state index is 13.1. The van der Waals surface area contributed by atoms with Crippen LogP contribution in [-0.2, 0) is 26.0 Å². The maximum atomic E-state index is 13.1. The van der Waals surface area contributed by atoms with E-state index in [9.17, 15) is 31.5 Å². The Kier molecular flexibility index (Phi) is 13.7. The highest BCUT2D eigenvalue weighted by atomic mass is 32.2. The van der Waals surface area contributed by atoms with Crippen molar-refractivity contribution >= 4 is 27.1 Å². The van der Waals surface area contributed by atoms with Gasteiger partial charge in [0.15, 0.2) is 9.84 Å². The minimum Gasteiger partial charge on any atom is -0.464 e. The summed E-state index contributed by atoms with van der Waals surface area (Å²) in [6.07, 6.45) is -1.95. The third-order valence-electron chi connectivity index (χ3n) is 5.72. The van der Waals surface area contributed by atoms with Gasteiger partial charge in [0.25, 0.3) is 0 Å². The lowest BCUT2D eigenvalue weighted by Crippen LogP contribution is -2.21. The molecule has 2 rings (SSSR count). The number of halogens is 3. The summed E-state index contributed by atoms with van der Waals surface area (Å²) >= 11 is 0. The van der Waals surface area contributed by atoms with Crippen LogP contribution in [0.15, 0.2) is 58.4 Å². The van der Waals surface area contributed by atoms with Crippen LogP contribution in [0.25, 0.3) is 16.7 Å². The van der Waals surface area contributed by atoms with Gasteiger partial charge in [-0.25, -0.2) is 8.42 Å². The predicted molar refractivity (Wildman–Crippen MR) is 153 cm³/mol. The van der Waals surface area contributed by atoms with Crippen molar-refractivity contribution < 1.29 is 36.2 Å². The van der Waals surface area contributed by atoms with E-state index >= 15 is 0 Å². The molecule has 0 saturated carbocycles. The minimum atomic E-state index is -4.54. The molecule has 0 aromatic heterocycles. The number of carbonyl (C=O) groups excluding carboxylic acids is 1. The molecule has 0 spiro atoms. The summed E-state index contributed by atoms with van der Waals surface area (Å²) in [7, 11) is 1.47. The van der Waals surface area contributed by atoms with Gasteiger partial charge in [-0.2, -0.15) is 13.2 Å². The molecule has 1 N–H and O–H groups in total. The van der Waals surface area contributed by atoms with Crippen molar-refractivity contribution in [3.8, 4) is 11.1 Å². The molecule has 0 aliphatic heterocycles. The molecular formula is C29H39F3N2O5S. The second-order valence-electron chi connectivity index (χ2n) is 9.57. The molecule has 0 amide bonds. The second kappa shape index (κ2) is 15.7. The Balaban J connectivity index is 0.000000680. The van der Waals surface area contributed by atoms with E-state index in [2.05, 4.69) is 4.99 Å². The smallest absolute Gasteiger partial charge is 0.432 e. The van der Waals surface area contributed by atoms with Crippen molar-refractivity contribution in [2.24, 2.45) is 10.9 Å². The van der Waals surface area contributed by atoms with E-state index < -0.39 is 28.3 Å². The van der Waals surface area contributed by atoms with E-state index in [0.717, 1.165) is 25.9 Å². The van der Waals surface area contributed by atoms with E-state index in [1.54, 1.807) is 57.2 Å². The van der Waals surface area contributed by atoms with E-state index in [1.165, 1.54) is 6.07 Å². The topological polar surface area (TPSA) is 96.3 Å². The van der Waals surface area contributed by atoms with Gasteiger partial charge in [0.05, 0.1) is 11.5 Å². The molecule has 0 radical (unpaired) electrons. The van der Waals surface area contributed by atoms with Gasteiger partial charge in [0.1, 0.15) is 12.3 Å². The minimum absolute atomic E-state index is 0.0447. The first-order valence-corrected chi connectivity index (χ1v) is 14.5. The van der Waals surface area contributed by atoms with Crippen LogP contribution in [0, 0.1) is 5.92 Å². The van der Waals surface area contributed by atoms with Gasteiger partial charge in [0.2, 0.25) is 0 Å². The Morgan fingerprint density at radius 1 is 1.10 bits per heavy atom. The van der Waals surface area contributed by atoms with E-state index in [0.29, 0.717) is 40.9 Å². The Labute approximate surface area is 235 Å².